The van der Waals surface area contributed by atoms with Crippen LogP contribution in [0.1, 0.15) is 40.0 Å². The predicted molar refractivity (Wildman–Crippen MR) is 97.5 cm³/mol. The standard InChI is InChI=1S/C12H27N6O3P3/c1-4-10-7-19-22(13-10)16-23(14-11(5-2)8-20-23)18-24(17-22)15-12(6-3)9-21-24/h10-15H,4-9H2,1-3H3/t10-,11-,12-,22?,23?,24?/m1/s1. The van der Waals surface area contributed by atoms with E-state index >= 15 is 0 Å². The quantitative estimate of drug-likeness (QED) is 0.623. The van der Waals surface area contributed by atoms with Gasteiger partial charge < -0.3 is 13.6 Å². The number of hydrogen-bond acceptors (Lipinski definition) is 9. The van der Waals surface area contributed by atoms with Crippen molar-refractivity contribution >= 4 is 22.7 Å². The summed E-state index contributed by atoms with van der Waals surface area (Å²) in [7, 11) is -7.46. The maximum Gasteiger partial charge on any atom is 0.281 e. The lowest BCUT2D eigenvalue weighted by molar-refractivity contribution is 0.342. The van der Waals surface area contributed by atoms with Crippen molar-refractivity contribution in [2.75, 3.05) is 19.8 Å². The molecule has 0 aromatic heterocycles. The third-order valence-corrected chi connectivity index (χ3v) is 14.1. The lowest BCUT2D eigenvalue weighted by Gasteiger charge is -2.28. The number of hydrogen-bond donors (Lipinski definition) is 3. The van der Waals surface area contributed by atoms with Crippen LogP contribution in [-0.4, -0.2) is 37.9 Å². The zero-order chi connectivity index (χ0) is 16.8. The molecule has 3 N–H and O–H groups in total. The zero-order valence-electron chi connectivity index (χ0n) is 14.4. The Hall–Kier alpha value is 0.450. The first-order valence-electron chi connectivity index (χ1n) is 8.72. The molecule has 0 aromatic carbocycles. The van der Waals surface area contributed by atoms with Gasteiger partial charge in [-0.1, -0.05) is 20.8 Å². The van der Waals surface area contributed by atoms with E-state index in [1.807, 2.05) is 0 Å². The first-order valence-corrected chi connectivity index (χ1v) is 13.6. The van der Waals surface area contributed by atoms with Gasteiger partial charge in [-0.05, 0) is 19.3 Å². The van der Waals surface area contributed by atoms with Gasteiger partial charge in [0.2, 0.25) is 0 Å². The fourth-order valence-corrected chi connectivity index (χ4v) is 14.4. The molecular weight excluding hydrogens is 369 g/mol. The Morgan fingerprint density at radius 3 is 1.17 bits per heavy atom. The maximum absolute atomic E-state index is 6.12. The van der Waals surface area contributed by atoms with Crippen molar-refractivity contribution < 1.29 is 13.6 Å². The van der Waals surface area contributed by atoms with Gasteiger partial charge in [0, 0.05) is 18.1 Å². The molecule has 3 spiro atoms. The van der Waals surface area contributed by atoms with Crippen molar-refractivity contribution in [3.63, 3.8) is 0 Å². The van der Waals surface area contributed by atoms with Gasteiger partial charge in [0.25, 0.3) is 22.7 Å². The van der Waals surface area contributed by atoms with Crippen LogP contribution >= 0.6 is 22.7 Å². The Labute approximate surface area is 143 Å². The molecule has 0 amide bonds. The smallest absolute Gasteiger partial charge is 0.281 e. The maximum atomic E-state index is 6.12. The largest absolute Gasteiger partial charge is 0.314 e. The van der Waals surface area contributed by atoms with Crippen LogP contribution in [0.4, 0.5) is 0 Å². The van der Waals surface area contributed by atoms with Crippen molar-refractivity contribution in [1.82, 2.24) is 15.3 Å². The van der Waals surface area contributed by atoms with Crippen molar-refractivity contribution in [1.29, 1.82) is 0 Å². The van der Waals surface area contributed by atoms with E-state index in [0.29, 0.717) is 19.8 Å². The minimum absolute atomic E-state index is 0.276. The highest BCUT2D eigenvalue weighted by molar-refractivity contribution is 7.81. The highest BCUT2D eigenvalue weighted by Crippen LogP contribution is 2.78. The van der Waals surface area contributed by atoms with E-state index < -0.39 is 22.7 Å². The fraction of sp³-hybridized carbons (Fsp3) is 1.00. The highest BCUT2D eigenvalue weighted by atomic mass is 31.3. The molecule has 0 aliphatic carbocycles. The van der Waals surface area contributed by atoms with Gasteiger partial charge in [0.05, 0.1) is 19.8 Å². The van der Waals surface area contributed by atoms with Crippen LogP contribution in [0.25, 0.3) is 0 Å². The topological polar surface area (TPSA) is 101 Å². The van der Waals surface area contributed by atoms with Crippen LogP contribution in [0.2, 0.25) is 0 Å². The molecule has 12 heteroatoms. The first kappa shape index (κ1) is 17.8. The van der Waals surface area contributed by atoms with Gasteiger partial charge >= 0.3 is 0 Å². The minimum Gasteiger partial charge on any atom is -0.314 e. The molecule has 0 aromatic rings. The fourth-order valence-electron chi connectivity index (χ4n) is 3.00. The van der Waals surface area contributed by atoms with Crippen molar-refractivity contribution in [2.24, 2.45) is 13.5 Å². The van der Waals surface area contributed by atoms with Crippen LogP contribution in [0.5, 0.6) is 0 Å². The molecule has 3 saturated heterocycles. The zero-order valence-corrected chi connectivity index (χ0v) is 17.1. The summed E-state index contributed by atoms with van der Waals surface area (Å²) in [5.74, 6) is 0. The molecule has 4 aliphatic rings. The van der Waals surface area contributed by atoms with E-state index in [1.54, 1.807) is 0 Å². The number of rotatable bonds is 3. The molecule has 4 aliphatic heterocycles. The van der Waals surface area contributed by atoms with Crippen molar-refractivity contribution in [3.05, 3.63) is 0 Å². The van der Waals surface area contributed by atoms with Gasteiger partial charge in [0.1, 0.15) is 0 Å². The number of nitrogens with one attached hydrogen (secondary N) is 3. The number of nitrogens with zero attached hydrogens (tertiary/aromatic N) is 3. The summed E-state index contributed by atoms with van der Waals surface area (Å²) < 4.78 is 33.2. The molecule has 3 atom stereocenters. The van der Waals surface area contributed by atoms with E-state index in [4.69, 9.17) is 27.1 Å². The Balaban J connectivity index is 1.79. The van der Waals surface area contributed by atoms with Crippen LogP contribution in [0, 0.1) is 0 Å². The van der Waals surface area contributed by atoms with E-state index in [9.17, 15) is 0 Å². The van der Waals surface area contributed by atoms with E-state index in [0.717, 1.165) is 19.3 Å². The van der Waals surface area contributed by atoms with Gasteiger partial charge in [-0.25, -0.2) is 15.3 Å². The Bertz CT molecular complexity index is 576. The summed E-state index contributed by atoms with van der Waals surface area (Å²) in [6.45, 7) is 8.31. The summed E-state index contributed by atoms with van der Waals surface area (Å²) in [6.07, 6.45) is 2.95. The summed E-state index contributed by atoms with van der Waals surface area (Å²) >= 11 is 0. The van der Waals surface area contributed by atoms with E-state index in [1.165, 1.54) is 0 Å². The molecule has 4 heterocycles. The Morgan fingerprint density at radius 2 is 0.958 bits per heavy atom. The second-order valence-corrected chi connectivity index (χ2v) is 13.5. The molecule has 0 radical (unpaired) electrons. The second-order valence-electron chi connectivity index (χ2n) is 6.49. The molecule has 0 unspecified atom stereocenters. The average molecular weight is 396 g/mol. The van der Waals surface area contributed by atoms with Gasteiger partial charge in [0.15, 0.2) is 0 Å². The normalized spacial score (nSPS) is 50.4. The molecular formula is C12H27N6O3P3. The lowest BCUT2D eigenvalue weighted by Crippen LogP contribution is -2.23. The molecule has 9 nitrogen and oxygen atoms in total. The molecule has 4 rings (SSSR count). The predicted octanol–water partition coefficient (Wildman–Crippen LogP) is 4.03. The Kier molecular flexibility index (Phi) is 4.88. The summed E-state index contributed by atoms with van der Waals surface area (Å²) in [6, 6.07) is 0.828. The molecule has 3 fully saturated rings. The van der Waals surface area contributed by atoms with Gasteiger partial charge in [-0.15, -0.1) is 0 Å². The molecule has 138 valence electrons. The Morgan fingerprint density at radius 1 is 0.667 bits per heavy atom. The van der Waals surface area contributed by atoms with Crippen LogP contribution in [0.3, 0.4) is 0 Å². The van der Waals surface area contributed by atoms with Gasteiger partial charge in [-0.2, -0.15) is 13.5 Å². The van der Waals surface area contributed by atoms with Crippen LogP contribution < -0.4 is 15.3 Å². The molecule has 0 saturated carbocycles. The average Bonchev–Trinajstić information content (AvgIpc) is 3.25. The van der Waals surface area contributed by atoms with Gasteiger partial charge in [-0.3, -0.25) is 0 Å². The first-order chi connectivity index (χ1) is 11.5. The van der Waals surface area contributed by atoms with E-state index in [2.05, 4.69) is 36.0 Å². The van der Waals surface area contributed by atoms with Crippen LogP contribution in [0.15, 0.2) is 13.5 Å². The SMILES string of the molecule is CC[C@@H]1COP2(=NP3(=NP4(=N2)N[C@H](CC)CO4)N[C@H](CC)CO3)N1. The minimum atomic E-state index is -2.49. The van der Waals surface area contributed by atoms with E-state index in [-0.39, 0.29) is 18.1 Å². The monoisotopic (exact) mass is 396 g/mol. The summed E-state index contributed by atoms with van der Waals surface area (Å²) in [5, 5.41) is 10.6. The third-order valence-electron chi connectivity index (χ3n) is 4.63. The molecule has 0 bridgehead atoms. The van der Waals surface area contributed by atoms with Crippen LogP contribution in [-0.2, 0) is 13.6 Å². The van der Waals surface area contributed by atoms with Crippen molar-refractivity contribution in [2.45, 2.75) is 58.2 Å². The highest BCUT2D eigenvalue weighted by Gasteiger charge is 2.48. The second kappa shape index (κ2) is 6.56. The molecule has 24 heavy (non-hydrogen) atoms. The van der Waals surface area contributed by atoms with Crippen molar-refractivity contribution in [3.8, 4) is 0 Å². The third kappa shape index (κ3) is 3.13. The summed E-state index contributed by atoms with van der Waals surface area (Å²) in [4.78, 5) is 0. The lowest BCUT2D eigenvalue weighted by atomic mass is 10.3. The summed E-state index contributed by atoms with van der Waals surface area (Å²) in [5.41, 5.74) is 0.